The van der Waals surface area contributed by atoms with E-state index in [1.807, 2.05) is 6.07 Å². The number of halogens is 3. The molecule has 5 rings (SSSR count). The molecule has 1 atom stereocenters. The van der Waals surface area contributed by atoms with Crippen molar-refractivity contribution in [2.75, 3.05) is 30.1 Å². The van der Waals surface area contributed by atoms with Gasteiger partial charge >= 0.3 is 17.8 Å². The summed E-state index contributed by atoms with van der Waals surface area (Å²) in [5.74, 6) is -1.83. The van der Waals surface area contributed by atoms with Crippen LogP contribution in [0.5, 0.6) is 0 Å². The number of alkyl halides is 3. The topological polar surface area (TPSA) is 171 Å². The van der Waals surface area contributed by atoms with Crippen LogP contribution < -0.4 is 10.6 Å². The van der Waals surface area contributed by atoms with Crippen molar-refractivity contribution in [3.63, 3.8) is 0 Å². The molecule has 2 heterocycles. The van der Waals surface area contributed by atoms with E-state index in [9.17, 15) is 44.9 Å². The fourth-order valence-electron chi connectivity index (χ4n) is 5.84. The van der Waals surface area contributed by atoms with Gasteiger partial charge in [0.05, 0.1) is 52.9 Å². The lowest BCUT2D eigenvalue weighted by molar-refractivity contribution is -0.138. The Labute approximate surface area is 303 Å². The molecule has 0 N–H and O–H groups in total. The summed E-state index contributed by atoms with van der Waals surface area (Å²) in [7, 11) is -6.72. The number of nitrogens with zero attached hydrogens (tertiary/aromatic N) is 5. The summed E-state index contributed by atoms with van der Waals surface area (Å²) in [6.45, 7) is 2.65. The third-order valence-corrected chi connectivity index (χ3v) is 11.6. The average molecular weight is 774 g/mol. The molecule has 0 fully saturated rings. The molecular formula is C35H34F3N5O8S2. The number of aromatic nitrogens is 3. The van der Waals surface area contributed by atoms with Crippen molar-refractivity contribution in [3.8, 4) is 6.07 Å². The van der Waals surface area contributed by atoms with E-state index < -0.39 is 60.9 Å². The molecule has 0 saturated carbocycles. The molecule has 1 aliphatic rings. The van der Waals surface area contributed by atoms with Gasteiger partial charge in [-0.3, -0.25) is 9.08 Å². The summed E-state index contributed by atoms with van der Waals surface area (Å²) in [6.07, 6.45) is -4.94. The van der Waals surface area contributed by atoms with Crippen LogP contribution in [0.25, 0.3) is 0 Å². The second kappa shape index (κ2) is 15.4. The van der Waals surface area contributed by atoms with Crippen LogP contribution in [0, 0.1) is 18.3 Å². The van der Waals surface area contributed by atoms with Crippen LogP contribution in [0.15, 0.2) is 93.8 Å². The fraction of sp³-hybridized carbons (Fsp3) is 0.314. The number of hydrogen-bond donors (Lipinski definition) is 0. The van der Waals surface area contributed by atoms with Crippen molar-refractivity contribution in [2.24, 2.45) is 0 Å². The summed E-state index contributed by atoms with van der Waals surface area (Å²) in [4.78, 5) is 28.6. The molecule has 0 amide bonds. The summed E-state index contributed by atoms with van der Waals surface area (Å²) >= 11 is 0. The van der Waals surface area contributed by atoms with E-state index in [0.717, 1.165) is 34.1 Å². The van der Waals surface area contributed by atoms with Crippen molar-refractivity contribution >= 4 is 37.6 Å². The quantitative estimate of drug-likeness (QED) is 0.101. The van der Waals surface area contributed by atoms with Gasteiger partial charge in [0.25, 0.3) is 10.1 Å². The zero-order valence-electron chi connectivity index (χ0n) is 28.7. The van der Waals surface area contributed by atoms with Gasteiger partial charge < -0.3 is 4.74 Å². The number of rotatable bonds is 13. The van der Waals surface area contributed by atoms with Crippen molar-refractivity contribution in [2.45, 2.75) is 50.3 Å². The van der Waals surface area contributed by atoms with Gasteiger partial charge in [0.15, 0.2) is 0 Å². The molecule has 13 nitrogen and oxygen atoms in total. The zero-order valence-corrected chi connectivity index (χ0v) is 30.3. The van der Waals surface area contributed by atoms with E-state index in [-0.39, 0.29) is 53.8 Å². The average Bonchev–Trinajstić information content (AvgIpc) is 3.43. The summed E-state index contributed by atoms with van der Waals surface area (Å²) < 4.78 is 104. The number of anilines is 2. The smallest absolute Gasteiger partial charge is 0.416 e. The first-order valence-corrected chi connectivity index (χ1v) is 19.3. The Bertz CT molecular complexity index is 2360. The number of carbonyl (C=O) groups excluding carboxylic acids is 1. The second-order valence-electron chi connectivity index (χ2n) is 12.1. The fourth-order valence-corrected chi connectivity index (χ4v) is 8.12. The lowest BCUT2D eigenvalue weighted by Gasteiger charge is -2.35. The van der Waals surface area contributed by atoms with Gasteiger partial charge in [0, 0.05) is 17.9 Å². The molecule has 280 valence electrons. The third-order valence-electron chi connectivity index (χ3n) is 8.47. The number of sulfone groups is 1. The second-order valence-corrected chi connectivity index (χ2v) is 16.1. The Kier molecular flexibility index (Phi) is 11.3. The lowest BCUT2D eigenvalue weighted by Crippen LogP contribution is -2.38. The van der Waals surface area contributed by atoms with E-state index in [2.05, 4.69) is 5.10 Å². The van der Waals surface area contributed by atoms with E-state index in [4.69, 9.17) is 8.92 Å². The number of allylic oxidation sites excluding steroid dienone is 1. The molecule has 53 heavy (non-hydrogen) atoms. The molecule has 0 bridgehead atoms. The molecule has 1 aromatic heterocycles. The number of fused-ring (bicyclic) bond motifs is 1. The van der Waals surface area contributed by atoms with Gasteiger partial charge in [-0.05, 0) is 74.7 Å². The van der Waals surface area contributed by atoms with E-state index in [0.29, 0.717) is 11.1 Å². The molecule has 4 aromatic rings. The van der Waals surface area contributed by atoms with Gasteiger partial charge in [-0.1, -0.05) is 35.9 Å². The van der Waals surface area contributed by atoms with Crippen LogP contribution in [0.3, 0.4) is 0 Å². The summed E-state index contributed by atoms with van der Waals surface area (Å²) in [5.41, 5.74) is -0.318. The van der Waals surface area contributed by atoms with Gasteiger partial charge in [-0.2, -0.15) is 26.9 Å². The molecule has 3 aromatic carbocycles. The molecule has 0 saturated heterocycles. The SMILES string of the molecule is COC(=O)C1=C(C)N(c2cccc(C(F)(F)F)c2)c2nn(CCCS(=O)(=O)CCCOS(=O)(=O)c3ccc(C)cc3)c(=O)n2C1c1ccc(C#N)cc1. The molecule has 0 spiro atoms. The number of carbonyl (C=O) groups is 1. The van der Waals surface area contributed by atoms with Gasteiger partial charge in [0.2, 0.25) is 5.95 Å². The zero-order chi connectivity index (χ0) is 38.7. The molecule has 1 unspecified atom stereocenters. The maximum absolute atomic E-state index is 14.1. The van der Waals surface area contributed by atoms with Crippen LogP contribution in [-0.4, -0.2) is 62.4 Å². The molecule has 0 radical (unpaired) electrons. The number of aryl methyl sites for hydroxylation is 2. The molecule has 1 aliphatic heterocycles. The van der Waals surface area contributed by atoms with Gasteiger partial charge in [-0.15, -0.1) is 5.10 Å². The first kappa shape index (κ1) is 39.0. The van der Waals surface area contributed by atoms with Crippen molar-refractivity contribution < 1.29 is 43.7 Å². The molecule has 18 heteroatoms. The van der Waals surface area contributed by atoms with Gasteiger partial charge in [-0.25, -0.2) is 27.3 Å². The number of nitriles is 1. The monoisotopic (exact) mass is 773 g/mol. The standard InChI is InChI=1S/C35H34F3N5O8S2/c1-23-9-15-29(16-10-23)53(48,49)51-18-6-20-52(46,47)19-5-17-41-34(45)43-31(26-13-11-25(22-39)12-14-26)30(32(44)50-3)24(2)42(33(43)40-41)28-8-4-7-27(21-28)35(36,37)38/h4,7-16,21,31H,5-6,17-20H2,1-3H3. The maximum atomic E-state index is 14.1. The Hall–Kier alpha value is -5.25. The highest BCUT2D eigenvalue weighted by atomic mass is 32.2. The number of esters is 1. The van der Waals surface area contributed by atoms with Gasteiger partial charge in [0.1, 0.15) is 15.9 Å². The highest BCUT2D eigenvalue weighted by Gasteiger charge is 2.41. The van der Waals surface area contributed by atoms with Crippen LogP contribution in [0.4, 0.5) is 24.8 Å². The highest BCUT2D eigenvalue weighted by Crippen LogP contribution is 2.43. The van der Waals surface area contributed by atoms with Crippen LogP contribution in [-0.2, 0) is 46.4 Å². The van der Waals surface area contributed by atoms with E-state index in [1.165, 1.54) is 60.4 Å². The van der Waals surface area contributed by atoms with Crippen LogP contribution >= 0.6 is 0 Å². The first-order chi connectivity index (χ1) is 25.0. The minimum Gasteiger partial charge on any atom is -0.466 e. The largest absolute Gasteiger partial charge is 0.466 e. The molecule has 0 aliphatic carbocycles. The van der Waals surface area contributed by atoms with E-state index in [1.54, 1.807) is 19.1 Å². The summed E-state index contributed by atoms with van der Waals surface area (Å²) in [6, 6.07) is 17.0. The minimum atomic E-state index is -4.72. The normalized spacial score (nSPS) is 14.9. The third kappa shape index (κ3) is 8.53. The number of ether oxygens (including phenoxy) is 1. The maximum Gasteiger partial charge on any atom is 0.416 e. The van der Waals surface area contributed by atoms with Crippen LogP contribution in [0.1, 0.15) is 48.1 Å². The lowest BCUT2D eigenvalue weighted by atomic mass is 9.93. The van der Waals surface area contributed by atoms with E-state index >= 15 is 0 Å². The minimum absolute atomic E-state index is 0.0590. The highest BCUT2D eigenvalue weighted by molar-refractivity contribution is 7.91. The number of hydrogen-bond acceptors (Lipinski definition) is 11. The number of benzene rings is 3. The first-order valence-electron chi connectivity index (χ1n) is 16.1. The Morgan fingerprint density at radius 3 is 2.25 bits per heavy atom. The Balaban J connectivity index is 1.43. The Morgan fingerprint density at radius 2 is 1.62 bits per heavy atom. The van der Waals surface area contributed by atoms with Crippen molar-refractivity contribution in [3.05, 3.63) is 117 Å². The number of methoxy groups -OCH3 is 1. The van der Waals surface area contributed by atoms with Crippen LogP contribution in [0.2, 0.25) is 0 Å². The predicted octanol–water partition coefficient (Wildman–Crippen LogP) is 5.03. The van der Waals surface area contributed by atoms with Crippen molar-refractivity contribution in [1.82, 2.24) is 14.3 Å². The summed E-state index contributed by atoms with van der Waals surface area (Å²) in [5, 5.41) is 13.8. The molecular weight excluding hydrogens is 740 g/mol. The predicted molar refractivity (Wildman–Crippen MR) is 186 cm³/mol. The van der Waals surface area contributed by atoms with Crippen molar-refractivity contribution in [1.29, 1.82) is 5.26 Å². The Morgan fingerprint density at radius 1 is 0.962 bits per heavy atom.